The molecule has 0 amide bonds. The Kier molecular flexibility index (Phi) is 6.24. The lowest BCUT2D eigenvalue weighted by Gasteiger charge is -2.24. The molecule has 96 valence electrons. The van der Waals surface area contributed by atoms with Crippen LogP contribution in [0.25, 0.3) is 0 Å². The first-order chi connectivity index (χ1) is 8.10. The van der Waals surface area contributed by atoms with Crippen LogP contribution in [-0.4, -0.2) is 17.6 Å². The normalized spacial score (nSPS) is 14.6. The molecule has 0 saturated carbocycles. The van der Waals surface area contributed by atoms with Crippen LogP contribution in [0, 0.1) is 0 Å². The monoisotopic (exact) mass is 274 g/mol. The van der Waals surface area contributed by atoms with Gasteiger partial charge in [-0.3, -0.25) is 4.98 Å². The van der Waals surface area contributed by atoms with Gasteiger partial charge < -0.3 is 5.32 Å². The van der Waals surface area contributed by atoms with Gasteiger partial charge >= 0.3 is 0 Å². The van der Waals surface area contributed by atoms with Crippen molar-refractivity contribution in [3.05, 3.63) is 28.0 Å². The maximum atomic E-state index is 6.18. The summed E-state index contributed by atoms with van der Waals surface area (Å²) in [4.78, 5) is 4.35. The largest absolute Gasteiger partial charge is 0.313 e. The summed E-state index contributed by atoms with van der Waals surface area (Å²) in [5.41, 5.74) is 0.923. The molecule has 1 aromatic rings. The van der Waals surface area contributed by atoms with Crippen molar-refractivity contribution in [3.63, 3.8) is 0 Å². The summed E-state index contributed by atoms with van der Waals surface area (Å²) in [5, 5.41) is 4.77. The van der Waals surface area contributed by atoms with E-state index >= 15 is 0 Å². The highest BCUT2D eigenvalue weighted by Crippen LogP contribution is 2.28. The molecule has 0 aliphatic heterocycles. The fraction of sp³-hybridized carbons (Fsp3) is 0.615. The summed E-state index contributed by atoms with van der Waals surface area (Å²) in [6.45, 7) is 7.51. The fourth-order valence-corrected chi connectivity index (χ4v) is 2.51. The second kappa shape index (κ2) is 7.20. The number of hydrogen-bond donors (Lipinski definition) is 1. The minimum absolute atomic E-state index is 0.288. The van der Waals surface area contributed by atoms with Crippen molar-refractivity contribution in [2.24, 2.45) is 0 Å². The lowest BCUT2D eigenvalue weighted by molar-refractivity contribution is 0.433. The quantitative estimate of drug-likeness (QED) is 0.838. The lowest BCUT2D eigenvalue weighted by atomic mass is 9.95. The summed E-state index contributed by atoms with van der Waals surface area (Å²) < 4.78 is 0. The van der Waals surface area contributed by atoms with Gasteiger partial charge in [0.25, 0.3) is 0 Å². The highest BCUT2D eigenvalue weighted by Gasteiger charge is 2.20. The van der Waals surface area contributed by atoms with Crippen molar-refractivity contribution in [2.75, 3.05) is 6.54 Å². The Labute approximate surface area is 114 Å². The molecule has 2 atom stereocenters. The van der Waals surface area contributed by atoms with Crippen molar-refractivity contribution < 1.29 is 0 Å². The molecule has 2 nitrogen and oxygen atoms in total. The number of pyridine rings is 1. The molecule has 0 aliphatic rings. The Bertz CT molecular complexity index is 355. The van der Waals surface area contributed by atoms with Crippen LogP contribution in [0.2, 0.25) is 10.0 Å². The molecule has 1 aromatic heterocycles. The highest BCUT2D eigenvalue weighted by molar-refractivity contribution is 6.34. The van der Waals surface area contributed by atoms with E-state index in [1.165, 1.54) is 0 Å². The minimum Gasteiger partial charge on any atom is -0.313 e. The Morgan fingerprint density at radius 1 is 1.35 bits per heavy atom. The van der Waals surface area contributed by atoms with E-state index < -0.39 is 0 Å². The van der Waals surface area contributed by atoms with Gasteiger partial charge in [-0.25, -0.2) is 0 Å². The third-order valence-electron chi connectivity index (χ3n) is 2.97. The zero-order valence-corrected chi connectivity index (χ0v) is 12.1. The van der Waals surface area contributed by atoms with E-state index in [0.29, 0.717) is 16.1 Å². The van der Waals surface area contributed by atoms with Crippen LogP contribution in [-0.2, 0) is 0 Å². The predicted octanol–water partition coefficient (Wildman–Crippen LogP) is 4.27. The van der Waals surface area contributed by atoms with Crippen LogP contribution in [0.3, 0.4) is 0 Å². The summed E-state index contributed by atoms with van der Waals surface area (Å²) in [6.07, 6.45) is 3.85. The lowest BCUT2D eigenvalue weighted by Crippen LogP contribution is -2.34. The molecule has 0 radical (unpaired) electrons. The van der Waals surface area contributed by atoms with Gasteiger partial charge in [-0.05, 0) is 25.5 Å². The molecule has 1 heterocycles. The van der Waals surface area contributed by atoms with Crippen LogP contribution in [0.4, 0.5) is 0 Å². The Hall–Kier alpha value is -0.310. The first-order valence-electron chi connectivity index (χ1n) is 6.14. The second-order valence-corrected chi connectivity index (χ2v) is 5.12. The van der Waals surface area contributed by atoms with Gasteiger partial charge in [0.15, 0.2) is 0 Å². The summed E-state index contributed by atoms with van der Waals surface area (Å²) in [6, 6.07) is 2.16. The molecule has 17 heavy (non-hydrogen) atoms. The molecule has 2 unspecified atom stereocenters. The average Bonchev–Trinajstić information content (AvgIpc) is 2.29. The zero-order chi connectivity index (χ0) is 12.8. The Balaban J connectivity index is 2.81. The molecule has 0 bridgehead atoms. The first kappa shape index (κ1) is 14.7. The number of nitrogens with zero attached hydrogens (tertiary/aromatic N) is 1. The van der Waals surface area contributed by atoms with E-state index in [0.717, 1.165) is 25.1 Å². The smallest absolute Gasteiger partial charge is 0.0639 e. The molecule has 0 saturated heterocycles. The van der Waals surface area contributed by atoms with Crippen LogP contribution in [0.5, 0.6) is 0 Å². The average molecular weight is 275 g/mol. The SMILES string of the molecule is CCCNC(CC)C(C)c1ncc(Cl)cc1Cl. The van der Waals surface area contributed by atoms with Gasteiger partial charge in [-0.15, -0.1) is 0 Å². The number of nitrogens with one attached hydrogen (secondary N) is 1. The molecule has 4 heteroatoms. The van der Waals surface area contributed by atoms with Crippen LogP contribution in [0.15, 0.2) is 12.3 Å². The van der Waals surface area contributed by atoms with Gasteiger partial charge in [-0.1, -0.05) is 44.0 Å². The zero-order valence-electron chi connectivity index (χ0n) is 10.6. The van der Waals surface area contributed by atoms with Gasteiger partial charge in [0.1, 0.15) is 0 Å². The molecule has 1 N–H and O–H groups in total. The third kappa shape index (κ3) is 4.13. The van der Waals surface area contributed by atoms with Gasteiger partial charge in [-0.2, -0.15) is 0 Å². The number of rotatable bonds is 6. The molecular weight excluding hydrogens is 255 g/mol. The fourth-order valence-electron chi connectivity index (χ4n) is 1.96. The topological polar surface area (TPSA) is 24.9 Å². The Morgan fingerprint density at radius 2 is 2.06 bits per heavy atom. The van der Waals surface area contributed by atoms with E-state index in [-0.39, 0.29) is 5.92 Å². The number of halogens is 2. The van der Waals surface area contributed by atoms with Crippen LogP contribution in [0.1, 0.15) is 45.2 Å². The van der Waals surface area contributed by atoms with Gasteiger partial charge in [0.05, 0.1) is 15.7 Å². The minimum atomic E-state index is 0.288. The van der Waals surface area contributed by atoms with Crippen molar-refractivity contribution in [1.29, 1.82) is 0 Å². The predicted molar refractivity (Wildman–Crippen MR) is 75.0 cm³/mol. The molecule has 0 aliphatic carbocycles. The van der Waals surface area contributed by atoms with Gasteiger partial charge in [0.2, 0.25) is 0 Å². The van der Waals surface area contributed by atoms with E-state index in [4.69, 9.17) is 23.2 Å². The van der Waals surface area contributed by atoms with Crippen molar-refractivity contribution in [3.8, 4) is 0 Å². The van der Waals surface area contributed by atoms with Gasteiger partial charge in [0, 0.05) is 18.2 Å². The highest BCUT2D eigenvalue weighted by atomic mass is 35.5. The number of aromatic nitrogens is 1. The molecule has 0 spiro atoms. The number of hydrogen-bond acceptors (Lipinski definition) is 2. The van der Waals surface area contributed by atoms with Crippen LogP contribution >= 0.6 is 23.2 Å². The van der Waals surface area contributed by atoms with E-state index in [2.05, 4.69) is 31.1 Å². The van der Waals surface area contributed by atoms with Crippen LogP contribution < -0.4 is 5.32 Å². The van der Waals surface area contributed by atoms with Crippen molar-refractivity contribution in [2.45, 2.75) is 45.6 Å². The summed E-state index contributed by atoms with van der Waals surface area (Å²) in [5.74, 6) is 0.288. The Morgan fingerprint density at radius 3 is 2.59 bits per heavy atom. The maximum absolute atomic E-state index is 6.18. The molecule has 0 fully saturated rings. The summed E-state index contributed by atoms with van der Waals surface area (Å²) in [7, 11) is 0. The maximum Gasteiger partial charge on any atom is 0.0639 e. The van der Waals surface area contributed by atoms with E-state index in [9.17, 15) is 0 Å². The van der Waals surface area contributed by atoms with E-state index in [1.54, 1.807) is 12.3 Å². The molecule has 1 rings (SSSR count). The van der Waals surface area contributed by atoms with Crippen molar-refractivity contribution in [1.82, 2.24) is 10.3 Å². The standard InChI is InChI=1S/C13H20Cl2N2/c1-4-6-16-12(5-2)9(3)13-11(15)7-10(14)8-17-13/h7-9,12,16H,4-6H2,1-3H3. The van der Waals surface area contributed by atoms with E-state index in [1.807, 2.05) is 0 Å². The van der Waals surface area contributed by atoms with Crippen molar-refractivity contribution >= 4 is 23.2 Å². The summed E-state index contributed by atoms with van der Waals surface area (Å²) >= 11 is 12.0. The second-order valence-electron chi connectivity index (χ2n) is 4.28. The molecule has 0 aromatic carbocycles. The third-order valence-corrected chi connectivity index (χ3v) is 3.48. The first-order valence-corrected chi connectivity index (χ1v) is 6.90. The molecular formula is C13H20Cl2N2.